The molecule has 0 saturated carbocycles. The summed E-state index contributed by atoms with van der Waals surface area (Å²) in [6.07, 6.45) is 4.93. The van der Waals surface area contributed by atoms with Gasteiger partial charge in [0, 0.05) is 16.3 Å². The number of rotatable bonds is 2. The predicted octanol–water partition coefficient (Wildman–Crippen LogP) is 4.65. The maximum absolute atomic E-state index is 4.90. The van der Waals surface area contributed by atoms with Crippen molar-refractivity contribution in [3.8, 4) is 5.69 Å². The largest absolute Gasteiger partial charge is 0.289 e. The van der Waals surface area contributed by atoms with Crippen LogP contribution in [-0.4, -0.2) is 4.57 Å². The van der Waals surface area contributed by atoms with Crippen molar-refractivity contribution >= 4 is 17.0 Å². The second-order valence-corrected chi connectivity index (χ2v) is 6.64. The van der Waals surface area contributed by atoms with Crippen LogP contribution in [0.3, 0.4) is 0 Å². The van der Waals surface area contributed by atoms with E-state index in [1.165, 1.54) is 35.5 Å². The number of aromatic nitrogens is 1. The van der Waals surface area contributed by atoms with Gasteiger partial charge in [-0.1, -0.05) is 36.4 Å². The molecule has 2 nitrogen and oxygen atoms in total. The number of aryl methyl sites for hydroxylation is 1. The second-order valence-electron chi connectivity index (χ2n) is 5.58. The molecule has 0 atom stereocenters. The molecule has 4 rings (SSSR count). The highest BCUT2D eigenvalue weighted by atomic mass is 32.1. The molecule has 0 N–H and O–H groups in total. The predicted molar refractivity (Wildman–Crippen MR) is 92.0 cm³/mol. The van der Waals surface area contributed by atoms with E-state index in [-0.39, 0.29) is 0 Å². The van der Waals surface area contributed by atoms with Crippen molar-refractivity contribution in [3.05, 3.63) is 76.0 Å². The molecule has 1 aromatic heterocycles. The monoisotopic (exact) mass is 306 g/mol. The van der Waals surface area contributed by atoms with E-state index in [0.717, 1.165) is 16.9 Å². The van der Waals surface area contributed by atoms with Crippen molar-refractivity contribution in [2.24, 2.45) is 4.99 Å². The van der Waals surface area contributed by atoms with Gasteiger partial charge in [0.05, 0.1) is 5.69 Å². The van der Waals surface area contributed by atoms with Gasteiger partial charge in [-0.15, -0.1) is 11.3 Å². The average molecular weight is 306 g/mol. The van der Waals surface area contributed by atoms with Crippen LogP contribution < -0.4 is 4.80 Å². The molecule has 2 aromatic carbocycles. The number of hydrogen-bond donors (Lipinski definition) is 0. The van der Waals surface area contributed by atoms with Crippen LogP contribution >= 0.6 is 11.3 Å². The molecule has 0 bridgehead atoms. The van der Waals surface area contributed by atoms with Crippen molar-refractivity contribution < 1.29 is 0 Å². The molecule has 0 spiro atoms. The Kier molecular flexibility index (Phi) is 3.65. The summed E-state index contributed by atoms with van der Waals surface area (Å²) in [6.45, 7) is 0. The second kappa shape index (κ2) is 5.93. The van der Waals surface area contributed by atoms with Crippen LogP contribution in [0.2, 0.25) is 0 Å². The Bertz CT molecular complexity index is 829. The summed E-state index contributed by atoms with van der Waals surface area (Å²) >= 11 is 1.85. The van der Waals surface area contributed by atoms with E-state index >= 15 is 0 Å². The summed E-state index contributed by atoms with van der Waals surface area (Å²) in [5.41, 5.74) is 3.69. The van der Waals surface area contributed by atoms with Crippen LogP contribution in [0.1, 0.15) is 23.4 Å². The standard InChI is InChI=1S/C19H18N2S/c1-3-9-15(10-4-1)20-19-21(16-11-5-2-6-12-16)17-13-7-8-14-18(17)22-19/h1-6,9-12H,7-8,13-14H2. The summed E-state index contributed by atoms with van der Waals surface area (Å²) in [7, 11) is 0. The lowest BCUT2D eigenvalue weighted by Gasteiger charge is -2.14. The first-order valence-electron chi connectivity index (χ1n) is 7.80. The Morgan fingerprint density at radius 3 is 2.27 bits per heavy atom. The van der Waals surface area contributed by atoms with Crippen molar-refractivity contribution in [1.82, 2.24) is 4.57 Å². The molecule has 1 aliphatic rings. The molecule has 1 heterocycles. The normalized spacial score (nSPS) is 14.8. The van der Waals surface area contributed by atoms with Crippen LogP contribution in [0.25, 0.3) is 5.69 Å². The third kappa shape index (κ3) is 2.53. The van der Waals surface area contributed by atoms with Gasteiger partial charge in [0.1, 0.15) is 0 Å². The molecule has 3 heteroatoms. The summed E-state index contributed by atoms with van der Waals surface area (Å²) < 4.78 is 2.35. The molecule has 22 heavy (non-hydrogen) atoms. The lowest BCUT2D eigenvalue weighted by Crippen LogP contribution is -2.16. The SMILES string of the molecule is c1ccc(N=c2sc3c(n2-c2ccccc2)CCCC3)cc1. The molecule has 0 radical (unpaired) electrons. The zero-order valence-electron chi connectivity index (χ0n) is 12.4. The van der Waals surface area contributed by atoms with E-state index < -0.39 is 0 Å². The van der Waals surface area contributed by atoms with Gasteiger partial charge < -0.3 is 0 Å². The minimum atomic E-state index is 1.02. The Morgan fingerprint density at radius 1 is 0.818 bits per heavy atom. The molecule has 0 saturated heterocycles. The summed E-state index contributed by atoms with van der Waals surface area (Å²) in [5.74, 6) is 0. The Morgan fingerprint density at radius 2 is 1.50 bits per heavy atom. The lowest BCUT2D eigenvalue weighted by atomic mass is 10.0. The van der Waals surface area contributed by atoms with E-state index in [1.54, 1.807) is 0 Å². The minimum Gasteiger partial charge on any atom is -0.289 e. The molecule has 1 aliphatic carbocycles. The van der Waals surface area contributed by atoms with Crippen molar-refractivity contribution in [3.63, 3.8) is 0 Å². The van der Waals surface area contributed by atoms with E-state index in [0.29, 0.717) is 0 Å². The van der Waals surface area contributed by atoms with Gasteiger partial charge in [-0.3, -0.25) is 4.57 Å². The van der Waals surface area contributed by atoms with E-state index in [9.17, 15) is 0 Å². The van der Waals surface area contributed by atoms with Crippen LogP contribution in [0.5, 0.6) is 0 Å². The van der Waals surface area contributed by atoms with Gasteiger partial charge in [-0.25, -0.2) is 4.99 Å². The first-order valence-corrected chi connectivity index (χ1v) is 8.62. The van der Waals surface area contributed by atoms with Crippen molar-refractivity contribution in [2.45, 2.75) is 25.7 Å². The molecule has 0 amide bonds. The number of nitrogens with zero attached hydrogens (tertiary/aromatic N) is 2. The van der Waals surface area contributed by atoms with Crippen LogP contribution in [0.4, 0.5) is 5.69 Å². The summed E-state index contributed by atoms with van der Waals surface area (Å²) in [6, 6.07) is 20.8. The third-order valence-corrected chi connectivity index (χ3v) is 5.20. The Hall–Kier alpha value is -2.13. The number of hydrogen-bond acceptors (Lipinski definition) is 2. The highest BCUT2D eigenvalue weighted by Gasteiger charge is 2.18. The van der Waals surface area contributed by atoms with Gasteiger partial charge in [0.2, 0.25) is 0 Å². The molecule has 0 aliphatic heterocycles. The molecular weight excluding hydrogens is 288 g/mol. The lowest BCUT2D eigenvalue weighted by molar-refractivity contribution is 0.663. The van der Waals surface area contributed by atoms with Crippen molar-refractivity contribution in [2.75, 3.05) is 0 Å². The number of para-hydroxylation sites is 2. The average Bonchev–Trinajstić information content (AvgIpc) is 2.94. The van der Waals surface area contributed by atoms with Gasteiger partial charge in [0.25, 0.3) is 0 Å². The van der Waals surface area contributed by atoms with E-state index in [2.05, 4.69) is 47.0 Å². The number of fused-ring (bicyclic) bond motifs is 1. The Balaban J connectivity index is 1.95. The van der Waals surface area contributed by atoms with Gasteiger partial charge in [-0.2, -0.15) is 0 Å². The molecule has 3 aromatic rings. The smallest absolute Gasteiger partial charge is 0.195 e. The fourth-order valence-electron chi connectivity index (χ4n) is 3.01. The van der Waals surface area contributed by atoms with Crippen molar-refractivity contribution in [1.29, 1.82) is 0 Å². The molecule has 0 unspecified atom stereocenters. The fourth-order valence-corrected chi connectivity index (χ4v) is 4.24. The molecule has 110 valence electrons. The maximum atomic E-state index is 4.90. The maximum Gasteiger partial charge on any atom is 0.195 e. The summed E-state index contributed by atoms with van der Waals surface area (Å²) in [4.78, 5) is 7.50. The molecule has 0 fully saturated rings. The van der Waals surface area contributed by atoms with Crippen LogP contribution in [0, 0.1) is 0 Å². The van der Waals surface area contributed by atoms with Crippen LogP contribution in [-0.2, 0) is 12.8 Å². The highest BCUT2D eigenvalue weighted by molar-refractivity contribution is 7.09. The molecular formula is C19H18N2S. The van der Waals surface area contributed by atoms with Crippen LogP contribution in [0.15, 0.2) is 65.7 Å². The summed E-state index contributed by atoms with van der Waals surface area (Å²) in [5, 5.41) is 0. The van der Waals surface area contributed by atoms with Gasteiger partial charge >= 0.3 is 0 Å². The number of benzene rings is 2. The minimum absolute atomic E-state index is 1.02. The van der Waals surface area contributed by atoms with Gasteiger partial charge in [-0.05, 0) is 49.9 Å². The topological polar surface area (TPSA) is 17.3 Å². The van der Waals surface area contributed by atoms with E-state index in [4.69, 9.17) is 4.99 Å². The zero-order chi connectivity index (χ0) is 14.8. The van der Waals surface area contributed by atoms with E-state index in [1.807, 2.05) is 29.5 Å². The first kappa shape index (κ1) is 13.5. The third-order valence-electron chi connectivity index (χ3n) is 4.06. The first-order chi connectivity index (χ1) is 10.9. The number of thiazole rings is 1. The Labute approximate surface area is 134 Å². The van der Waals surface area contributed by atoms with Gasteiger partial charge in [0.15, 0.2) is 4.80 Å². The zero-order valence-corrected chi connectivity index (χ0v) is 13.2. The quantitative estimate of drug-likeness (QED) is 0.656. The highest BCUT2D eigenvalue weighted by Crippen LogP contribution is 2.26. The fraction of sp³-hybridized carbons (Fsp3) is 0.211.